The molecular formula is C18H23O6P. The van der Waals surface area contributed by atoms with Crippen LogP contribution in [0.1, 0.15) is 0 Å². The summed E-state index contributed by atoms with van der Waals surface area (Å²) in [4.78, 5) is 0. The molecule has 0 aliphatic carbocycles. The van der Waals surface area contributed by atoms with Gasteiger partial charge in [0.1, 0.15) is 0 Å². The van der Waals surface area contributed by atoms with Gasteiger partial charge in [-0.15, -0.1) is 9.24 Å². The molecule has 0 saturated carbocycles. The Balaban J connectivity index is 2.87. The zero-order valence-electron chi connectivity index (χ0n) is 15.3. The van der Waals surface area contributed by atoms with Gasteiger partial charge in [0, 0.05) is 11.1 Å². The number of rotatable bonds is 7. The van der Waals surface area contributed by atoms with Gasteiger partial charge in [-0.3, -0.25) is 0 Å². The summed E-state index contributed by atoms with van der Waals surface area (Å²) < 4.78 is 33.0. The summed E-state index contributed by atoms with van der Waals surface area (Å²) in [6.45, 7) is 0. The van der Waals surface area contributed by atoms with Crippen LogP contribution >= 0.6 is 9.24 Å². The first-order valence-corrected chi connectivity index (χ1v) is 8.03. The summed E-state index contributed by atoms with van der Waals surface area (Å²) in [6.07, 6.45) is 0. The molecule has 136 valence electrons. The number of hydrogen-bond donors (Lipinski definition) is 0. The van der Waals surface area contributed by atoms with Crippen LogP contribution in [-0.2, 0) is 0 Å². The van der Waals surface area contributed by atoms with Crippen LogP contribution in [0.15, 0.2) is 18.2 Å². The molecule has 0 N–H and O–H groups in total. The van der Waals surface area contributed by atoms with Gasteiger partial charge < -0.3 is 28.4 Å². The van der Waals surface area contributed by atoms with Crippen molar-refractivity contribution in [2.75, 3.05) is 42.7 Å². The van der Waals surface area contributed by atoms with Crippen LogP contribution in [0, 0.1) is 0 Å². The minimum atomic E-state index is 0.503. The van der Waals surface area contributed by atoms with E-state index >= 15 is 0 Å². The standard InChI is InChI=1S/C18H23O6P/c1-19-11-8-7-10(15(21-3)16(11)22-4)14-13(25)9-12(20-2)17(23-5)18(14)24-6/h7-9H,25H2,1-6H3. The molecule has 0 aliphatic rings. The van der Waals surface area contributed by atoms with Crippen LogP contribution in [0.5, 0.6) is 34.5 Å². The Hall–Kier alpha value is -2.33. The first-order valence-electron chi connectivity index (χ1n) is 7.45. The predicted octanol–water partition coefficient (Wildman–Crippen LogP) is 2.91. The first-order chi connectivity index (χ1) is 12.1. The van der Waals surface area contributed by atoms with Gasteiger partial charge in [0.2, 0.25) is 11.5 Å². The zero-order chi connectivity index (χ0) is 18.6. The van der Waals surface area contributed by atoms with E-state index in [1.807, 2.05) is 18.2 Å². The Morgan fingerprint density at radius 3 is 1.60 bits per heavy atom. The quantitative estimate of drug-likeness (QED) is 0.703. The fourth-order valence-corrected chi connectivity index (χ4v) is 3.19. The lowest BCUT2D eigenvalue weighted by Crippen LogP contribution is -2.07. The summed E-state index contributed by atoms with van der Waals surface area (Å²) in [6, 6.07) is 5.56. The molecule has 0 fully saturated rings. The van der Waals surface area contributed by atoms with E-state index in [4.69, 9.17) is 28.4 Å². The molecule has 0 amide bonds. The van der Waals surface area contributed by atoms with E-state index in [2.05, 4.69) is 9.24 Å². The van der Waals surface area contributed by atoms with Gasteiger partial charge in [-0.1, -0.05) is 0 Å². The third kappa shape index (κ3) is 3.27. The van der Waals surface area contributed by atoms with Gasteiger partial charge in [0.15, 0.2) is 23.0 Å². The third-order valence-corrected chi connectivity index (χ3v) is 4.29. The highest BCUT2D eigenvalue weighted by Crippen LogP contribution is 2.50. The summed E-state index contributed by atoms with van der Waals surface area (Å²) in [5.41, 5.74) is 1.57. The molecule has 1 unspecified atom stereocenters. The number of hydrogen-bond acceptors (Lipinski definition) is 6. The van der Waals surface area contributed by atoms with Crippen molar-refractivity contribution in [3.05, 3.63) is 18.2 Å². The van der Waals surface area contributed by atoms with Crippen molar-refractivity contribution in [2.24, 2.45) is 0 Å². The lowest BCUT2D eigenvalue weighted by molar-refractivity contribution is 0.322. The average Bonchev–Trinajstić information content (AvgIpc) is 2.65. The van der Waals surface area contributed by atoms with Crippen LogP contribution in [0.2, 0.25) is 0 Å². The van der Waals surface area contributed by atoms with Crippen molar-refractivity contribution in [3.8, 4) is 45.6 Å². The molecular weight excluding hydrogens is 343 g/mol. The van der Waals surface area contributed by atoms with Crippen molar-refractivity contribution >= 4 is 14.5 Å². The average molecular weight is 366 g/mol. The van der Waals surface area contributed by atoms with Gasteiger partial charge >= 0.3 is 0 Å². The van der Waals surface area contributed by atoms with Crippen molar-refractivity contribution in [1.82, 2.24) is 0 Å². The Morgan fingerprint density at radius 2 is 1.12 bits per heavy atom. The highest BCUT2D eigenvalue weighted by atomic mass is 31.0. The molecule has 0 heterocycles. The van der Waals surface area contributed by atoms with Crippen LogP contribution in [0.4, 0.5) is 0 Å². The lowest BCUT2D eigenvalue weighted by Gasteiger charge is -2.21. The summed E-state index contributed by atoms with van der Waals surface area (Å²) in [5, 5.41) is 0.861. The molecule has 2 aromatic carbocycles. The van der Waals surface area contributed by atoms with Crippen LogP contribution in [-0.4, -0.2) is 42.7 Å². The smallest absolute Gasteiger partial charge is 0.203 e. The molecule has 1 atom stereocenters. The van der Waals surface area contributed by atoms with E-state index in [-0.39, 0.29) is 0 Å². The SMILES string of the molecule is COc1ccc(-c2c(P)cc(OC)c(OC)c2OC)c(OC)c1OC. The van der Waals surface area contributed by atoms with Crippen molar-refractivity contribution in [2.45, 2.75) is 0 Å². The summed E-state index contributed by atoms with van der Waals surface area (Å²) in [7, 11) is 12.1. The molecule has 0 saturated heterocycles. The van der Waals surface area contributed by atoms with Crippen LogP contribution < -0.4 is 33.7 Å². The van der Waals surface area contributed by atoms with Crippen molar-refractivity contribution < 1.29 is 28.4 Å². The van der Waals surface area contributed by atoms with Gasteiger partial charge in [-0.2, -0.15) is 0 Å². The third-order valence-electron chi connectivity index (χ3n) is 3.83. The van der Waals surface area contributed by atoms with E-state index in [9.17, 15) is 0 Å². The largest absolute Gasteiger partial charge is 0.493 e. The fraction of sp³-hybridized carbons (Fsp3) is 0.333. The highest BCUT2D eigenvalue weighted by Gasteiger charge is 2.25. The van der Waals surface area contributed by atoms with E-state index < -0.39 is 0 Å². The second kappa shape index (κ2) is 8.17. The lowest BCUT2D eigenvalue weighted by atomic mass is 10.0. The second-order valence-corrected chi connectivity index (χ2v) is 5.61. The van der Waals surface area contributed by atoms with Gasteiger partial charge in [0.05, 0.1) is 42.7 Å². The molecule has 6 nitrogen and oxygen atoms in total. The molecule has 25 heavy (non-hydrogen) atoms. The van der Waals surface area contributed by atoms with E-state index in [0.29, 0.717) is 34.5 Å². The van der Waals surface area contributed by atoms with Gasteiger partial charge in [0.25, 0.3) is 0 Å². The van der Waals surface area contributed by atoms with Crippen molar-refractivity contribution in [1.29, 1.82) is 0 Å². The molecule has 0 aromatic heterocycles. The Kier molecular flexibility index (Phi) is 6.21. The Labute approximate surface area is 150 Å². The maximum Gasteiger partial charge on any atom is 0.203 e. The zero-order valence-corrected chi connectivity index (χ0v) is 16.4. The number of methoxy groups -OCH3 is 6. The Bertz CT molecular complexity index is 760. The molecule has 0 aliphatic heterocycles. The number of benzene rings is 2. The maximum atomic E-state index is 5.63. The summed E-state index contributed by atoms with van der Waals surface area (Å²) >= 11 is 0. The minimum absolute atomic E-state index is 0.503. The highest BCUT2D eigenvalue weighted by molar-refractivity contribution is 7.28. The monoisotopic (exact) mass is 366 g/mol. The molecule has 0 spiro atoms. The van der Waals surface area contributed by atoms with Crippen LogP contribution in [0.3, 0.4) is 0 Å². The van der Waals surface area contributed by atoms with Gasteiger partial charge in [-0.05, 0) is 23.5 Å². The molecule has 7 heteroatoms. The normalized spacial score (nSPS) is 10.2. The second-order valence-electron chi connectivity index (χ2n) is 4.99. The molecule has 0 radical (unpaired) electrons. The van der Waals surface area contributed by atoms with E-state index in [1.165, 1.54) is 0 Å². The molecule has 2 aromatic rings. The first kappa shape index (κ1) is 19.0. The maximum absolute atomic E-state index is 5.63. The van der Waals surface area contributed by atoms with Gasteiger partial charge in [-0.25, -0.2) is 0 Å². The number of ether oxygens (including phenoxy) is 6. The predicted molar refractivity (Wildman–Crippen MR) is 101 cm³/mol. The van der Waals surface area contributed by atoms with Crippen LogP contribution in [0.25, 0.3) is 11.1 Å². The minimum Gasteiger partial charge on any atom is -0.493 e. The topological polar surface area (TPSA) is 55.4 Å². The van der Waals surface area contributed by atoms with E-state index in [0.717, 1.165) is 16.4 Å². The fourth-order valence-electron chi connectivity index (χ4n) is 2.75. The molecule has 0 bridgehead atoms. The summed E-state index contributed by atoms with van der Waals surface area (Å²) in [5.74, 6) is 3.24. The molecule has 2 rings (SSSR count). The Morgan fingerprint density at radius 1 is 0.600 bits per heavy atom. The van der Waals surface area contributed by atoms with E-state index in [1.54, 1.807) is 42.7 Å². The van der Waals surface area contributed by atoms with Crippen molar-refractivity contribution in [3.63, 3.8) is 0 Å².